The Morgan fingerprint density at radius 1 is 1.42 bits per heavy atom. The molecule has 64 valence electrons. The molecule has 0 aliphatic carbocycles. The number of carboxylic acid groups (broad SMARTS) is 1. The largest absolute Gasteiger partial charge is 0.506 e. The van der Waals surface area contributed by atoms with Gasteiger partial charge in [-0.3, -0.25) is 0 Å². The molecule has 0 aromatic heterocycles. The molecule has 0 aliphatic heterocycles. The van der Waals surface area contributed by atoms with Crippen LogP contribution in [-0.4, -0.2) is 17.2 Å². The van der Waals surface area contributed by atoms with Crippen LogP contribution in [0.2, 0.25) is 0 Å². The van der Waals surface area contributed by atoms with Gasteiger partial charge in [0.15, 0.2) is 0 Å². The third-order valence-electron chi connectivity index (χ3n) is 1.15. The van der Waals surface area contributed by atoms with E-state index in [0.717, 1.165) is 4.90 Å². The molecule has 0 saturated carbocycles. The van der Waals surface area contributed by atoms with Gasteiger partial charge in [0.25, 0.3) is 0 Å². The van der Waals surface area contributed by atoms with Crippen LogP contribution in [0, 0.1) is 0 Å². The molecule has 1 aromatic carbocycles. The van der Waals surface area contributed by atoms with Crippen molar-refractivity contribution < 1.29 is 14.6 Å². The van der Waals surface area contributed by atoms with Gasteiger partial charge in [-0.05, 0) is 12.1 Å². The van der Waals surface area contributed by atoms with Crippen LogP contribution in [0.3, 0.4) is 0 Å². The van der Waals surface area contributed by atoms with Gasteiger partial charge in [0.05, 0.1) is 0 Å². The molecule has 0 unspecified atom stereocenters. The van der Waals surface area contributed by atoms with E-state index >= 15 is 0 Å². The minimum atomic E-state index is -1.24. The van der Waals surface area contributed by atoms with Gasteiger partial charge < -0.3 is 9.84 Å². The first kappa shape index (κ1) is 8.93. The number of benzene rings is 1. The Hall–Kier alpha value is -1.16. The fraction of sp³-hybridized carbons (Fsp3) is 0.125. The molecule has 0 radical (unpaired) electrons. The molecule has 0 atom stereocenters. The Kier molecular flexibility index (Phi) is 3.47. The van der Waals surface area contributed by atoms with Gasteiger partial charge in [-0.1, -0.05) is 30.0 Å². The molecule has 1 N–H and O–H groups in total. The topological polar surface area (TPSA) is 46.5 Å². The lowest BCUT2D eigenvalue weighted by molar-refractivity contribution is 0.109. The van der Waals surface area contributed by atoms with Crippen molar-refractivity contribution >= 4 is 17.9 Å². The molecule has 12 heavy (non-hydrogen) atoms. The summed E-state index contributed by atoms with van der Waals surface area (Å²) >= 11 is 1.35. The first-order valence-electron chi connectivity index (χ1n) is 3.32. The molecule has 0 fully saturated rings. The molecule has 0 heterocycles. The third-order valence-corrected chi connectivity index (χ3v) is 1.99. The summed E-state index contributed by atoms with van der Waals surface area (Å²) in [7, 11) is 0. The van der Waals surface area contributed by atoms with E-state index < -0.39 is 6.16 Å². The molecule has 0 bridgehead atoms. The van der Waals surface area contributed by atoms with Crippen LogP contribution in [0.4, 0.5) is 4.79 Å². The fourth-order valence-corrected chi connectivity index (χ4v) is 1.31. The maximum Gasteiger partial charge on any atom is 0.506 e. The van der Waals surface area contributed by atoms with E-state index in [4.69, 9.17) is 5.11 Å². The van der Waals surface area contributed by atoms with Crippen molar-refractivity contribution in [1.29, 1.82) is 0 Å². The van der Waals surface area contributed by atoms with Crippen LogP contribution in [-0.2, 0) is 4.74 Å². The zero-order valence-corrected chi connectivity index (χ0v) is 7.08. The van der Waals surface area contributed by atoms with Crippen molar-refractivity contribution in [2.75, 3.05) is 5.94 Å². The number of hydrogen-bond acceptors (Lipinski definition) is 3. The molecule has 1 rings (SSSR count). The molecular formula is C8H8O3S. The fourth-order valence-electron chi connectivity index (χ4n) is 0.665. The molecular weight excluding hydrogens is 176 g/mol. The van der Waals surface area contributed by atoms with Crippen LogP contribution in [0.25, 0.3) is 0 Å². The predicted octanol–water partition coefficient (Wildman–Crippen LogP) is 2.43. The van der Waals surface area contributed by atoms with Gasteiger partial charge in [0, 0.05) is 4.90 Å². The van der Waals surface area contributed by atoms with Crippen LogP contribution in [0.5, 0.6) is 0 Å². The van der Waals surface area contributed by atoms with E-state index in [9.17, 15) is 4.79 Å². The predicted molar refractivity (Wildman–Crippen MR) is 46.3 cm³/mol. The molecule has 3 nitrogen and oxygen atoms in total. The van der Waals surface area contributed by atoms with Gasteiger partial charge in [0.1, 0.15) is 5.94 Å². The van der Waals surface area contributed by atoms with E-state index in [1.165, 1.54) is 11.8 Å². The highest BCUT2D eigenvalue weighted by molar-refractivity contribution is 7.99. The highest BCUT2D eigenvalue weighted by Gasteiger charge is 1.96. The minimum Gasteiger partial charge on any atom is -0.450 e. The summed E-state index contributed by atoms with van der Waals surface area (Å²) in [6, 6.07) is 9.49. The SMILES string of the molecule is O=C(O)OCSc1ccccc1. The summed E-state index contributed by atoms with van der Waals surface area (Å²) < 4.78 is 4.33. The molecule has 0 aliphatic rings. The van der Waals surface area contributed by atoms with Crippen LogP contribution in [0.15, 0.2) is 35.2 Å². The lowest BCUT2D eigenvalue weighted by Crippen LogP contribution is -1.98. The summed E-state index contributed by atoms with van der Waals surface area (Å²) in [6.07, 6.45) is -1.24. The van der Waals surface area contributed by atoms with E-state index in [-0.39, 0.29) is 5.94 Å². The van der Waals surface area contributed by atoms with Crippen molar-refractivity contribution in [1.82, 2.24) is 0 Å². The zero-order valence-electron chi connectivity index (χ0n) is 6.27. The number of thioether (sulfide) groups is 1. The number of ether oxygens (including phenoxy) is 1. The van der Waals surface area contributed by atoms with Crippen LogP contribution < -0.4 is 0 Å². The normalized spacial score (nSPS) is 9.33. The Balaban J connectivity index is 2.29. The Morgan fingerprint density at radius 3 is 2.67 bits per heavy atom. The standard InChI is InChI=1S/C8H8O3S/c9-8(10)11-6-12-7-4-2-1-3-5-7/h1-5H,6H2,(H,9,10). The molecule has 4 heteroatoms. The highest BCUT2D eigenvalue weighted by Crippen LogP contribution is 2.16. The number of carbonyl (C=O) groups is 1. The van der Waals surface area contributed by atoms with E-state index in [0.29, 0.717) is 0 Å². The lowest BCUT2D eigenvalue weighted by Gasteiger charge is -1.99. The van der Waals surface area contributed by atoms with Crippen molar-refractivity contribution in [3.8, 4) is 0 Å². The van der Waals surface area contributed by atoms with E-state index in [2.05, 4.69) is 4.74 Å². The van der Waals surface area contributed by atoms with Gasteiger partial charge >= 0.3 is 6.16 Å². The first-order valence-corrected chi connectivity index (χ1v) is 4.31. The van der Waals surface area contributed by atoms with E-state index in [1.54, 1.807) is 0 Å². The van der Waals surface area contributed by atoms with Crippen molar-refractivity contribution in [3.63, 3.8) is 0 Å². The van der Waals surface area contributed by atoms with Crippen LogP contribution in [0.1, 0.15) is 0 Å². The second-order valence-corrected chi connectivity index (χ2v) is 2.98. The Labute approximate surface area is 74.4 Å². The summed E-state index contributed by atoms with van der Waals surface area (Å²) in [4.78, 5) is 11.0. The smallest absolute Gasteiger partial charge is 0.450 e. The first-order chi connectivity index (χ1) is 5.79. The Morgan fingerprint density at radius 2 is 2.08 bits per heavy atom. The Bertz CT molecular complexity index is 248. The maximum absolute atomic E-state index is 9.95. The molecule has 1 aromatic rings. The third kappa shape index (κ3) is 3.30. The van der Waals surface area contributed by atoms with Crippen LogP contribution >= 0.6 is 11.8 Å². The van der Waals surface area contributed by atoms with Crippen molar-refractivity contribution in [3.05, 3.63) is 30.3 Å². The quantitative estimate of drug-likeness (QED) is 0.445. The summed E-state index contributed by atoms with van der Waals surface area (Å²) in [5, 5.41) is 8.16. The van der Waals surface area contributed by atoms with Gasteiger partial charge in [-0.25, -0.2) is 4.79 Å². The highest BCUT2D eigenvalue weighted by atomic mass is 32.2. The summed E-state index contributed by atoms with van der Waals surface area (Å²) in [5.74, 6) is 0.138. The minimum absolute atomic E-state index is 0.138. The monoisotopic (exact) mass is 184 g/mol. The number of rotatable bonds is 3. The van der Waals surface area contributed by atoms with Gasteiger partial charge in [0.2, 0.25) is 0 Å². The van der Waals surface area contributed by atoms with Crippen molar-refractivity contribution in [2.24, 2.45) is 0 Å². The zero-order chi connectivity index (χ0) is 8.81. The molecule has 0 amide bonds. The van der Waals surface area contributed by atoms with Crippen molar-refractivity contribution in [2.45, 2.75) is 4.90 Å². The lowest BCUT2D eigenvalue weighted by atomic mass is 10.4. The summed E-state index contributed by atoms with van der Waals surface area (Å²) in [6.45, 7) is 0. The number of hydrogen-bond donors (Lipinski definition) is 1. The van der Waals surface area contributed by atoms with E-state index in [1.807, 2.05) is 30.3 Å². The molecule has 0 saturated heterocycles. The summed E-state index contributed by atoms with van der Waals surface area (Å²) in [5.41, 5.74) is 0. The second-order valence-electron chi connectivity index (χ2n) is 1.99. The average Bonchev–Trinajstić information content (AvgIpc) is 2.05. The maximum atomic E-state index is 9.95. The second kappa shape index (κ2) is 4.66. The average molecular weight is 184 g/mol. The van der Waals surface area contributed by atoms with Gasteiger partial charge in [-0.2, -0.15) is 0 Å². The molecule has 0 spiro atoms. The van der Waals surface area contributed by atoms with Gasteiger partial charge in [-0.15, -0.1) is 0 Å².